The second-order valence-corrected chi connectivity index (χ2v) is 7.13. The molecule has 2 N–H and O–H groups in total. The van der Waals surface area contributed by atoms with E-state index in [2.05, 4.69) is 5.32 Å². The average molecular weight is 405 g/mol. The predicted octanol–water partition coefficient (Wildman–Crippen LogP) is 4.63. The summed E-state index contributed by atoms with van der Waals surface area (Å²) in [5.74, 6) is 0.760. The van der Waals surface area contributed by atoms with Gasteiger partial charge in [0, 0.05) is 13.6 Å². The van der Waals surface area contributed by atoms with Crippen molar-refractivity contribution in [3.05, 3.63) is 90.0 Å². The van der Waals surface area contributed by atoms with Gasteiger partial charge in [0.25, 0.3) is 0 Å². The van der Waals surface area contributed by atoms with Crippen molar-refractivity contribution in [1.82, 2.24) is 10.2 Å². The van der Waals surface area contributed by atoms with Crippen molar-refractivity contribution in [3.8, 4) is 16.9 Å². The number of aliphatic hydroxyl groups excluding tert-OH is 1. The largest absolute Gasteiger partial charge is 0.492 e. The minimum Gasteiger partial charge on any atom is -0.492 e. The van der Waals surface area contributed by atoms with E-state index in [9.17, 15) is 9.90 Å². The molecule has 0 radical (unpaired) electrons. The SMILES string of the molecule is CNC(=O)N(CCOc1ccc(-c2ccc(C(C)O)cc2)cc1)Cc1ccccc1. The van der Waals surface area contributed by atoms with Gasteiger partial charge in [-0.1, -0.05) is 66.7 Å². The molecule has 3 rings (SSSR count). The van der Waals surface area contributed by atoms with Gasteiger partial charge in [-0.25, -0.2) is 4.79 Å². The molecule has 0 heterocycles. The average Bonchev–Trinajstić information content (AvgIpc) is 2.79. The lowest BCUT2D eigenvalue weighted by atomic mass is 10.0. The van der Waals surface area contributed by atoms with E-state index in [0.29, 0.717) is 19.7 Å². The molecule has 0 aromatic heterocycles. The second-order valence-electron chi connectivity index (χ2n) is 7.13. The second kappa shape index (κ2) is 10.5. The van der Waals surface area contributed by atoms with Crippen LogP contribution in [0.5, 0.6) is 5.75 Å². The number of urea groups is 1. The Bertz CT molecular complexity index is 923. The fourth-order valence-corrected chi connectivity index (χ4v) is 3.19. The highest BCUT2D eigenvalue weighted by Crippen LogP contribution is 2.24. The molecule has 3 aromatic rings. The first kappa shape index (κ1) is 21.4. The molecule has 0 fully saturated rings. The van der Waals surface area contributed by atoms with Crippen LogP contribution in [0.3, 0.4) is 0 Å². The van der Waals surface area contributed by atoms with Crippen LogP contribution in [-0.2, 0) is 6.54 Å². The molecular weight excluding hydrogens is 376 g/mol. The highest BCUT2D eigenvalue weighted by Gasteiger charge is 2.12. The number of amides is 2. The number of carbonyl (C=O) groups excluding carboxylic acids is 1. The Morgan fingerprint density at radius 2 is 1.57 bits per heavy atom. The molecule has 5 heteroatoms. The van der Waals surface area contributed by atoms with E-state index in [1.807, 2.05) is 78.9 Å². The molecule has 30 heavy (non-hydrogen) atoms. The summed E-state index contributed by atoms with van der Waals surface area (Å²) in [5.41, 5.74) is 4.14. The summed E-state index contributed by atoms with van der Waals surface area (Å²) >= 11 is 0. The highest BCUT2D eigenvalue weighted by molar-refractivity contribution is 5.73. The Morgan fingerprint density at radius 1 is 0.967 bits per heavy atom. The molecule has 5 nitrogen and oxygen atoms in total. The van der Waals surface area contributed by atoms with Gasteiger partial charge in [-0.3, -0.25) is 0 Å². The maximum absolute atomic E-state index is 12.2. The van der Waals surface area contributed by atoms with Crippen molar-refractivity contribution >= 4 is 6.03 Å². The monoisotopic (exact) mass is 404 g/mol. The molecule has 1 unspecified atom stereocenters. The van der Waals surface area contributed by atoms with E-state index in [0.717, 1.165) is 28.0 Å². The maximum Gasteiger partial charge on any atom is 0.317 e. The number of nitrogens with one attached hydrogen (secondary N) is 1. The van der Waals surface area contributed by atoms with Gasteiger partial charge >= 0.3 is 6.03 Å². The van der Waals surface area contributed by atoms with Gasteiger partial charge in [0.2, 0.25) is 0 Å². The molecule has 0 saturated heterocycles. The van der Waals surface area contributed by atoms with Crippen molar-refractivity contribution in [2.24, 2.45) is 0 Å². The third-order valence-corrected chi connectivity index (χ3v) is 4.93. The van der Waals surface area contributed by atoms with Crippen molar-refractivity contribution in [2.75, 3.05) is 20.2 Å². The van der Waals surface area contributed by atoms with Gasteiger partial charge in [-0.2, -0.15) is 0 Å². The van der Waals surface area contributed by atoms with Crippen LogP contribution in [0.1, 0.15) is 24.2 Å². The molecule has 2 amide bonds. The first-order valence-corrected chi connectivity index (χ1v) is 10.1. The number of nitrogens with zero attached hydrogens (tertiary/aromatic N) is 1. The number of rotatable bonds is 8. The lowest BCUT2D eigenvalue weighted by Crippen LogP contribution is -2.40. The predicted molar refractivity (Wildman–Crippen MR) is 119 cm³/mol. The summed E-state index contributed by atoms with van der Waals surface area (Å²) in [7, 11) is 1.63. The van der Waals surface area contributed by atoms with Crippen LogP contribution in [0.4, 0.5) is 4.79 Å². The Morgan fingerprint density at radius 3 is 2.13 bits per heavy atom. The van der Waals surface area contributed by atoms with Crippen molar-refractivity contribution in [3.63, 3.8) is 0 Å². The molecule has 0 saturated carbocycles. The van der Waals surface area contributed by atoms with Gasteiger partial charge < -0.3 is 20.1 Å². The zero-order valence-electron chi connectivity index (χ0n) is 17.4. The highest BCUT2D eigenvalue weighted by atomic mass is 16.5. The van der Waals surface area contributed by atoms with Gasteiger partial charge in [0.15, 0.2) is 0 Å². The molecule has 0 aliphatic rings. The summed E-state index contributed by atoms with van der Waals surface area (Å²) in [6.07, 6.45) is -0.467. The topological polar surface area (TPSA) is 61.8 Å². The van der Waals surface area contributed by atoms with Gasteiger partial charge in [0.05, 0.1) is 12.6 Å². The molecular formula is C25H28N2O3. The van der Waals surface area contributed by atoms with Crippen LogP contribution >= 0.6 is 0 Å². The fraction of sp³-hybridized carbons (Fsp3) is 0.240. The Labute approximate surface area is 177 Å². The Balaban J connectivity index is 1.56. The van der Waals surface area contributed by atoms with Crippen LogP contribution in [0.2, 0.25) is 0 Å². The minimum absolute atomic E-state index is 0.126. The van der Waals surface area contributed by atoms with E-state index in [4.69, 9.17) is 4.74 Å². The molecule has 0 aliphatic heterocycles. The number of hydrogen-bond acceptors (Lipinski definition) is 3. The quantitative estimate of drug-likeness (QED) is 0.576. The first-order valence-electron chi connectivity index (χ1n) is 10.1. The molecule has 1 atom stereocenters. The fourth-order valence-electron chi connectivity index (χ4n) is 3.19. The van der Waals surface area contributed by atoms with Crippen LogP contribution in [0, 0.1) is 0 Å². The summed E-state index contributed by atoms with van der Waals surface area (Å²) in [5, 5.41) is 12.3. The van der Waals surface area contributed by atoms with E-state index in [1.165, 1.54) is 0 Å². The van der Waals surface area contributed by atoms with E-state index < -0.39 is 6.10 Å². The molecule has 0 spiro atoms. The lowest BCUT2D eigenvalue weighted by molar-refractivity contribution is 0.181. The Hall–Kier alpha value is -3.31. The summed E-state index contributed by atoms with van der Waals surface area (Å²) < 4.78 is 5.86. The normalized spacial score (nSPS) is 11.6. The van der Waals surface area contributed by atoms with Gasteiger partial charge in [-0.05, 0) is 41.3 Å². The van der Waals surface area contributed by atoms with Crippen molar-refractivity contribution in [1.29, 1.82) is 0 Å². The van der Waals surface area contributed by atoms with E-state index in [1.54, 1.807) is 18.9 Å². The van der Waals surface area contributed by atoms with Crippen LogP contribution < -0.4 is 10.1 Å². The van der Waals surface area contributed by atoms with E-state index >= 15 is 0 Å². The summed E-state index contributed by atoms with van der Waals surface area (Å²) in [6, 6.07) is 25.5. The number of benzene rings is 3. The standard InChI is InChI=1S/C25H28N2O3/c1-19(28)21-8-10-22(11-9-21)23-12-14-24(15-13-23)30-17-16-27(25(29)26-2)18-20-6-4-3-5-7-20/h3-15,19,28H,16-18H2,1-2H3,(H,26,29). The van der Waals surface area contributed by atoms with Crippen molar-refractivity contribution < 1.29 is 14.6 Å². The van der Waals surface area contributed by atoms with Crippen molar-refractivity contribution in [2.45, 2.75) is 19.6 Å². The maximum atomic E-state index is 12.2. The number of hydrogen-bond donors (Lipinski definition) is 2. The molecule has 0 aliphatic carbocycles. The van der Waals surface area contributed by atoms with Crippen LogP contribution in [0.15, 0.2) is 78.9 Å². The van der Waals surface area contributed by atoms with Gasteiger partial charge in [0.1, 0.15) is 12.4 Å². The minimum atomic E-state index is -0.467. The molecule has 3 aromatic carbocycles. The molecule has 156 valence electrons. The van der Waals surface area contributed by atoms with Crippen LogP contribution in [0.25, 0.3) is 11.1 Å². The van der Waals surface area contributed by atoms with Crippen LogP contribution in [-0.4, -0.2) is 36.2 Å². The zero-order valence-corrected chi connectivity index (χ0v) is 17.4. The Kier molecular flexibility index (Phi) is 7.46. The number of carbonyl (C=O) groups is 1. The number of ether oxygens (including phenoxy) is 1. The third-order valence-electron chi connectivity index (χ3n) is 4.93. The van der Waals surface area contributed by atoms with E-state index in [-0.39, 0.29) is 6.03 Å². The molecule has 0 bridgehead atoms. The smallest absolute Gasteiger partial charge is 0.317 e. The van der Waals surface area contributed by atoms with Gasteiger partial charge in [-0.15, -0.1) is 0 Å². The number of aliphatic hydroxyl groups is 1. The lowest BCUT2D eigenvalue weighted by Gasteiger charge is -2.22. The summed E-state index contributed by atoms with van der Waals surface area (Å²) in [6.45, 7) is 3.18. The third kappa shape index (κ3) is 5.84. The summed E-state index contributed by atoms with van der Waals surface area (Å²) in [4.78, 5) is 13.9. The first-order chi connectivity index (χ1) is 14.6. The zero-order chi connectivity index (χ0) is 21.3.